The molecule has 1 rings (SSSR count). The lowest BCUT2D eigenvalue weighted by molar-refractivity contribution is 0.481. The van der Waals surface area contributed by atoms with Gasteiger partial charge in [-0.05, 0) is 25.7 Å². The SMILES string of the molecule is CCS(=O)(=O)NCCNC(=NC)NCCCC1CCCC1. The number of nitrogens with one attached hydrogen (secondary N) is 3. The Balaban J connectivity index is 2.06. The molecule has 0 aromatic heterocycles. The standard InChI is InChI=1S/C14H30N4O2S/c1-3-21(19,20)18-12-11-17-14(15-2)16-10-6-9-13-7-4-5-8-13/h13,18H,3-12H2,1-2H3,(H2,15,16,17). The van der Waals surface area contributed by atoms with E-state index < -0.39 is 10.0 Å². The van der Waals surface area contributed by atoms with Crippen molar-refractivity contribution >= 4 is 16.0 Å². The van der Waals surface area contributed by atoms with Crippen molar-refractivity contribution in [2.24, 2.45) is 10.9 Å². The maximum atomic E-state index is 11.3. The van der Waals surface area contributed by atoms with Crippen molar-refractivity contribution in [1.29, 1.82) is 0 Å². The average molecular weight is 318 g/mol. The predicted octanol–water partition coefficient (Wildman–Crippen LogP) is 1.06. The molecular formula is C14H30N4O2S. The molecule has 124 valence electrons. The van der Waals surface area contributed by atoms with Gasteiger partial charge in [-0.3, -0.25) is 4.99 Å². The van der Waals surface area contributed by atoms with Crippen molar-refractivity contribution in [1.82, 2.24) is 15.4 Å². The third-order valence-corrected chi connectivity index (χ3v) is 5.30. The third kappa shape index (κ3) is 8.26. The highest BCUT2D eigenvalue weighted by atomic mass is 32.2. The van der Waals surface area contributed by atoms with E-state index in [1.807, 2.05) is 0 Å². The molecule has 1 saturated carbocycles. The van der Waals surface area contributed by atoms with Crippen molar-refractivity contribution in [3.8, 4) is 0 Å². The second-order valence-corrected chi connectivity index (χ2v) is 7.61. The molecule has 1 aliphatic rings. The van der Waals surface area contributed by atoms with Crippen LogP contribution in [0, 0.1) is 5.92 Å². The van der Waals surface area contributed by atoms with Gasteiger partial charge in [0, 0.05) is 26.7 Å². The van der Waals surface area contributed by atoms with Gasteiger partial charge in [0.2, 0.25) is 10.0 Å². The van der Waals surface area contributed by atoms with Gasteiger partial charge in [0.05, 0.1) is 5.75 Å². The number of aliphatic imine (C=N–C) groups is 1. The van der Waals surface area contributed by atoms with E-state index in [9.17, 15) is 8.42 Å². The molecule has 0 aromatic carbocycles. The van der Waals surface area contributed by atoms with Gasteiger partial charge in [-0.15, -0.1) is 0 Å². The van der Waals surface area contributed by atoms with Crippen LogP contribution < -0.4 is 15.4 Å². The van der Waals surface area contributed by atoms with Crippen LogP contribution >= 0.6 is 0 Å². The Morgan fingerprint density at radius 1 is 1.14 bits per heavy atom. The first-order valence-electron chi connectivity index (χ1n) is 7.99. The average Bonchev–Trinajstić information content (AvgIpc) is 2.99. The molecule has 0 aliphatic heterocycles. The number of guanidine groups is 1. The highest BCUT2D eigenvalue weighted by molar-refractivity contribution is 7.89. The Labute approximate surface area is 129 Å². The highest BCUT2D eigenvalue weighted by Crippen LogP contribution is 2.28. The monoisotopic (exact) mass is 318 g/mol. The Morgan fingerprint density at radius 3 is 2.43 bits per heavy atom. The van der Waals surface area contributed by atoms with Crippen molar-refractivity contribution in [3.63, 3.8) is 0 Å². The van der Waals surface area contributed by atoms with Crippen LogP contribution in [-0.4, -0.2) is 46.8 Å². The molecule has 21 heavy (non-hydrogen) atoms. The number of hydrogen-bond donors (Lipinski definition) is 3. The summed E-state index contributed by atoms with van der Waals surface area (Å²) in [5.41, 5.74) is 0. The van der Waals surface area contributed by atoms with Crippen molar-refractivity contribution in [2.75, 3.05) is 32.4 Å². The predicted molar refractivity (Wildman–Crippen MR) is 88.0 cm³/mol. The van der Waals surface area contributed by atoms with Gasteiger partial charge in [-0.25, -0.2) is 13.1 Å². The van der Waals surface area contributed by atoms with E-state index in [2.05, 4.69) is 20.3 Å². The third-order valence-electron chi connectivity index (χ3n) is 3.90. The van der Waals surface area contributed by atoms with Crippen LogP contribution in [0.2, 0.25) is 0 Å². The smallest absolute Gasteiger partial charge is 0.211 e. The molecule has 3 N–H and O–H groups in total. The second kappa shape index (κ2) is 10.00. The van der Waals surface area contributed by atoms with Crippen molar-refractivity contribution in [3.05, 3.63) is 0 Å². The zero-order chi connectivity index (χ0) is 15.6. The molecule has 0 spiro atoms. The fourth-order valence-electron chi connectivity index (χ4n) is 2.61. The van der Waals surface area contributed by atoms with Gasteiger partial charge in [0.25, 0.3) is 0 Å². The van der Waals surface area contributed by atoms with Crippen LogP contribution in [0.3, 0.4) is 0 Å². The van der Waals surface area contributed by atoms with Crippen molar-refractivity contribution < 1.29 is 8.42 Å². The normalized spacial score (nSPS) is 17.1. The lowest BCUT2D eigenvalue weighted by atomic mass is 10.0. The molecule has 0 unspecified atom stereocenters. The lowest BCUT2D eigenvalue weighted by Gasteiger charge is -2.13. The number of nitrogens with zero attached hydrogens (tertiary/aromatic N) is 1. The first kappa shape index (κ1) is 18.2. The summed E-state index contributed by atoms with van der Waals surface area (Å²) in [4.78, 5) is 4.13. The maximum Gasteiger partial charge on any atom is 0.211 e. The topological polar surface area (TPSA) is 82.6 Å². The zero-order valence-corrected chi connectivity index (χ0v) is 14.1. The largest absolute Gasteiger partial charge is 0.356 e. The van der Waals surface area contributed by atoms with E-state index in [0.717, 1.165) is 24.8 Å². The van der Waals surface area contributed by atoms with Gasteiger partial charge >= 0.3 is 0 Å². The van der Waals surface area contributed by atoms with Crippen LogP contribution in [0.1, 0.15) is 45.4 Å². The highest BCUT2D eigenvalue weighted by Gasteiger charge is 2.13. The summed E-state index contributed by atoms with van der Waals surface area (Å²) >= 11 is 0. The Morgan fingerprint density at radius 2 is 1.81 bits per heavy atom. The quantitative estimate of drug-likeness (QED) is 0.337. The van der Waals surface area contributed by atoms with Crippen LogP contribution in [-0.2, 0) is 10.0 Å². The summed E-state index contributed by atoms with van der Waals surface area (Å²) < 4.78 is 25.1. The fraction of sp³-hybridized carbons (Fsp3) is 0.929. The summed E-state index contributed by atoms with van der Waals surface area (Å²) in [5, 5.41) is 6.37. The molecule has 1 fully saturated rings. The molecule has 0 bridgehead atoms. The fourth-order valence-corrected chi connectivity index (χ4v) is 3.22. The first-order valence-corrected chi connectivity index (χ1v) is 9.64. The van der Waals surface area contributed by atoms with Crippen LogP contribution in [0.5, 0.6) is 0 Å². The lowest BCUT2D eigenvalue weighted by Crippen LogP contribution is -2.42. The van der Waals surface area contributed by atoms with Crippen LogP contribution in [0.25, 0.3) is 0 Å². The minimum Gasteiger partial charge on any atom is -0.356 e. The molecule has 7 heteroatoms. The minimum absolute atomic E-state index is 0.112. The second-order valence-electron chi connectivity index (χ2n) is 5.52. The molecular weight excluding hydrogens is 288 g/mol. The summed E-state index contributed by atoms with van der Waals surface area (Å²) in [7, 11) is -1.38. The van der Waals surface area contributed by atoms with E-state index in [1.54, 1.807) is 14.0 Å². The van der Waals surface area contributed by atoms with E-state index in [4.69, 9.17) is 0 Å². The minimum atomic E-state index is -3.10. The molecule has 0 saturated heterocycles. The molecule has 0 amide bonds. The van der Waals surface area contributed by atoms with Gasteiger partial charge in [0.1, 0.15) is 0 Å². The van der Waals surface area contributed by atoms with Crippen LogP contribution in [0.4, 0.5) is 0 Å². The van der Waals surface area contributed by atoms with E-state index >= 15 is 0 Å². The number of rotatable bonds is 9. The molecule has 0 heterocycles. The maximum absolute atomic E-state index is 11.3. The van der Waals surface area contributed by atoms with Crippen LogP contribution in [0.15, 0.2) is 4.99 Å². The Hall–Kier alpha value is -0.820. The Bertz CT molecular complexity index is 403. The Kier molecular flexibility index (Phi) is 8.68. The van der Waals surface area contributed by atoms with Gasteiger partial charge in [-0.2, -0.15) is 0 Å². The number of hydrogen-bond acceptors (Lipinski definition) is 3. The summed E-state index contributed by atoms with van der Waals surface area (Å²) in [6, 6.07) is 0. The van der Waals surface area contributed by atoms with E-state index in [1.165, 1.54) is 32.1 Å². The molecule has 0 atom stereocenters. The van der Waals surface area contributed by atoms with Gasteiger partial charge < -0.3 is 10.6 Å². The molecule has 0 aromatic rings. The molecule has 0 radical (unpaired) electrons. The van der Waals surface area contributed by atoms with Gasteiger partial charge in [0.15, 0.2) is 5.96 Å². The van der Waals surface area contributed by atoms with Gasteiger partial charge in [-0.1, -0.05) is 25.7 Å². The zero-order valence-electron chi connectivity index (χ0n) is 13.3. The van der Waals surface area contributed by atoms with E-state index in [-0.39, 0.29) is 5.75 Å². The summed E-state index contributed by atoms with van der Waals surface area (Å²) in [6.07, 6.45) is 8.03. The molecule has 1 aliphatic carbocycles. The van der Waals surface area contributed by atoms with Crippen molar-refractivity contribution in [2.45, 2.75) is 45.4 Å². The van der Waals surface area contributed by atoms with E-state index in [0.29, 0.717) is 13.1 Å². The summed E-state index contributed by atoms with van der Waals surface area (Å²) in [5.74, 6) is 1.77. The number of sulfonamides is 1. The molecule has 6 nitrogen and oxygen atoms in total. The first-order chi connectivity index (χ1) is 10.1. The summed E-state index contributed by atoms with van der Waals surface area (Å²) in [6.45, 7) is 3.44.